The van der Waals surface area contributed by atoms with Crippen molar-refractivity contribution in [3.8, 4) is 0 Å². The van der Waals surface area contributed by atoms with Crippen LogP contribution in [0, 0.1) is 18.3 Å². The van der Waals surface area contributed by atoms with Crippen LogP contribution in [-0.2, 0) is 11.3 Å². The summed E-state index contributed by atoms with van der Waals surface area (Å²) in [6.45, 7) is 4.43. The van der Waals surface area contributed by atoms with Crippen LogP contribution in [0.2, 0.25) is 0 Å². The zero-order valence-electron chi connectivity index (χ0n) is 16.1. The van der Waals surface area contributed by atoms with Gasteiger partial charge in [-0.3, -0.25) is 4.79 Å². The smallest absolute Gasteiger partial charge is 0.224 e. The first-order valence-corrected chi connectivity index (χ1v) is 10.0. The highest BCUT2D eigenvalue weighted by atomic mass is 16.1. The van der Waals surface area contributed by atoms with Crippen molar-refractivity contribution in [2.24, 2.45) is 11.3 Å². The summed E-state index contributed by atoms with van der Waals surface area (Å²) in [4.78, 5) is 27.3. The Hall–Kier alpha value is -2.89. The van der Waals surface area contributed by atoms with E-state index in [-0.39, 0.29) is 17.2 Å². The molecule has 1 aliphatic heterocycles. The van der Waals surface area contributed by atoms with E-state index in [0.717, 1.165) is 54.8 Å². The molecule has 1 aromatic carbocycles. The van der Waals surface area contributed by atoms with Crippen LogP contribution in [-0.4, -0.2) is 33.9 Å². The molecule has 1 aliphatic carbocycles. The van der Waals surface area contributed by atoms with E-state index in [1.54, 1.807) is 6.33 Å². The topological polar surface area (TPSA) is 73.9 Å². The standard InChI is InChI=1S/C22H25N5O/c1-15-3-2-4-16(11-15)12-24-21(28)18-6-10-27(13-22(18)7-8-22)20-17-5-9-23-19(17)25-14-26-20/h2-5,9,11,14,18H,6-8,10,12-13H2,1H3,(H,24,28)(H,23,25,26). The van der Waals surface area contributed by atoms with E-state index < -0.39 is 0 Å². The minimum atomic E-state index is 0.0945. The summed E-state index contributed by atoms with van der Waals surface area (Å²) in [6.07, 6.45) is 6.63. The molecule has 0 radical (unpaired) electrons. The summed E-state index contributed by atoms with van der Waals surface area (Å²) in [6, 6.07) is 10.4. The van der Waals surface area contributed by atoms with Gasteiger partial charge in [0, 0.05) is 31.7 Å². The lowest BCUT2D eigenvalue weighted by Crippen LogP contribution is -2.48. The van der Waals surface area contributed by atoms with Crippen LogP contribution in [0.15, 0.2) is 42.9 Å². The van der Waals surface area contributed by atoms with Gasteiger partial charge in [-0.25, -0.2) is 9.97 Å². The Morgan fingerprint density at radius 2 is 2.21 bits per heavy atom. The zero-order chi connectivity index (χ0) is 19.1. The van der Waals surface area contributed by atoms with E-state index >= 15 is 0 Å². The summed E-state index contributed by atoms with van der Waals surface area (Å²) in [5.41, 5.74) is 3.35. The Labute approximate surface area is 164 Å². The third kappa shape index (κ3) is 3.03. The normalized spacial score (nSPS) is 20.5. The van der Waals surface area contributed by atoms with Gasteiger partial charge in [-0.05, 0) is 43.2 Å². The Kier molecular flexibility index (Phi) is 4.07. The lowest BCUT2D eigenvalue weighted by molar-refractivity contribution is -0.128. The lowest BCUT2D eigenvalue weighted by Gasteiger charge is -2.39. The van der Waals surface area contributed by atoms with Gasteiger partial charge in [0.2, 0.25) is 5.91 Å². The minimum Gasteiger partial charge on any atom is -0.355 e. The number of nitrogens with one attached hydrogen (secondary N) is 2. The minimum absolute atomic E-state index is 0.0945. The van der Waals surface area contributed by atoms with Gasteiger partial charge in [-0.1, -0.05) is 29.8 Å². The van der Waals surface area contributed by atoms with Crippen molar-refractivity contribution in [3.63, 3.8) is 0 Å². The number of aromatic nitrogens is 3. The van der Waals surface area contributed by atoms with Gasteiger partial charge < -0.3 is 15.2 Å². The molecule has 0 bridgehead atoms. The summed E-state index contributed by atoms with van der Waals surface area (Å²) in [7, 11) is 0. The molecule has 6 heteroatoms. The van der Waals surface area contributed by atoms with E-state index in [1.807, 2.05) is 18.3 Å². The van der Waals surface area contributed by atoms with Gasteiger partial charge in [-0.15, -0.1) is 0 Å². The van der Waals surface area contributed by atoms with Crippen LogP contribution >= 0.6 is 0 Å². The van der Waals surface area contributed by atoms with Gasteiger partial charge >= 0.3 is 0 Å². The molecule has 2 aliphatic rings. The Morgan fingerprint density at radius 1 is 1.32 bits per heavy atom. The maximum atomic E-state index is 13.0. The molecule has 1 spiro atoms. The number of hydrogen-bond acceptors (Lipinski definition) is 4. The van der Waals surface area contributed by atoms with Crippen molar-refractivity contribution in [3.05, 3.63) is 54.0 Å². The quantitative estimate of drug-likeness (QED) is 0.734. The average molecular weight is 375 g/mol. The number of H-pyrrole nitrogens is 1. The van der Waals surface area contributed by atoms with Crippen molar-refractivity contribution in [1.29, 1.82) is 0 Å². The fraction of sp³-hybridized carbons (Fsp3) is 0.409. The number of carbonyl (C=O) groups excluding carboxylic acids is 1. The summed E-state index contributed by atoms with van der Waals surface area (Å²) >= 11 is 0. The molecular formula is C22H25N5O. The first-order valence-electron chi connectivity index (χ1n) is 10.0. The van der Waals surface area contributed by atoms with Gasteiger partial charge in [0.05, 0.1) is 5.39 Å². The molecule has 1 amide bonds. The molecule has 2 fully saturated rings. The second-order valence-corrected chi connectivity index (χ2v) is 8.27. The molecule has 6 nitrogen and oxygen atoms in total. The third-order valence-electron chi connectivity index (χ3n) is 6.32. The fourth-order valence-electron chi connectivity index (χ4n) is 4.66. The highest BCUT2D eigenvalue weighted by molar-refractivity contribution is 5.87. The number of aryl methyl sites for hydroxylation is 1. The van der Waals surface area contributed by atoms with E-state index in [4.69, 9.17) is 0 Å². The number of anilines is 1. The maximum Gasteiger partial charge on any atom is 0.224 e. The van der Waals surface area contributed by atoms with Crippen LogP contribution in [0.4, 0.5) is 5.82 Å². The lowest BCUT2D eigenvalue weighted by atomic mass is 9.81. The molecule has 3 heterocycles. The number of hydrogen-bond donors (Lipinski definition) is 2. The van der Waals surface area contributed by atoms with Gasteiger partial charge in [-0.2, -0.15) is 0 Å². The molecule has 144 valence electrons. The van der Waals surface area contributed by atoms with Gasteiger partial charge in [0.25, 0.3) is 0 Å². The third-order valence-corrected chi connectivity index (χ3v) is 6.32. The molecule has 3 aromatic rings. The molecule has 1 saturated carbocycles. The van der Waals surface area contributed by atoms with Crippen molar-refractivity contribution in [2.75, 3.05) is 18.0 Å². The molecule has 28 heavy (non-hydrogen) atoms. The Morgan fingerprint density at radius 3 is 3.04 bits per heavy atom. The first-order chi connectivity index (χ1) is 13.6. The molecule has 1 saturated heterocycles. The number of piperidine rings is 1. The maximum absolute atomic E-state index is 13.0. The van der Waals surface area contributed by atoms with E-state index in [0.29, 0.717) is 6.54 Å². The van der Waals surface area contributed by atoms with Crippen LogP contribution in [0.25, 0.3) is 11.0 Å². The van der Waals surface area contributed by atoms with Gasteiger partial charge in [0.15, 0.2) is 0 Å². The number of aromatic amines is 1. The highest BCUT2D eigenvalue weighted by Gasteiger charge is 2.55. The van der Waals surface area contributed by atoms with Crippen molar-refractivity contribution >= 4 is 22.8 Å². The number of fused-ring (bicyclic) bond motifs is 1. The van der Waals surface area contributed by atoms with Crippen molar-refractivity contribution in [1.82, 2.24) is 20.3 Å². The van der Waals surface area contributed by atoms with Crippen LogP contribution in [0.3, 0.4) is 0 Å². The predicted molar refractivity (Wildman–Crippen MR) is 109 cm³/mol. The Bertz CT molecular complexity index is 1020. The largest absolute Gasteiger partial charge is 0.355 e. The number of amides is 1. The Balaban J connectivity index is 1.29. The van der Waals surface area contributed by atoms with E-state index in [9.17, 15) is 4.79 Å². The molecular weight excluding hydrogens is 350 g/mol. The van der Waals surface area contributed by atoms with Crippen molar-refractivity contribution < 1.29 is 4.79 Å². The van der Waals surface area contributed by atoms with Crippen LogP contribution in [0.1, 0.15) is 30.4 Å². The second kappa shape index (κ2) is 6.62. The first kappa shape index (κ1) is 17.2. The summed E-state index contributed by atoms with van der Waals surface area (Å²) in [5, 5.41) is 4.24. The number of carbonyl (C=O) groups is 1. The number of benzene rings is 1. The zero-order valence-corrected chi connectivity index (χ0v) is 16.1. The second-order valence-electron chi connectivity index (χ2n) is 8.27. The van der Waals surface area contributed by atoms with E-state index in [2.05, 4.69) is 50.3 Å². The molecule has 2 N–H and O–H groups in total. The number of rotatable bonds is 4. The fourth-order valence-corrected chi connectivity index (χ4v) is 4.66. The molecule has 1 atom stereocenters. The highest BCUT2D eigenvalue weighted by Crippen LogP contribution is 2.56. The molecule has 1 unspecified atom stereocenters. The predicted octanol–water partition coefficient (Wildman–Crippen LogP) is 3.19. The van der Waals surface area contributed by atoms with Crippen molar-refractivity contribution in [2.45, 2.75) is 32.7 Å². The average Bonchev–Trinajstić information content (AvgIpc) is 3.27. The van der Waals surface area contributed by atoms with Crippen LogP contribution in [0.5, 0.6) is 0 Å². The van der Waals surface area contributed by atoms with Gasteiger partial charge in [0.1, 0.15) is 17.8 Å². The summed E-state index contributed by atoms with van der Waals surface area (Å²) in [5.74, 6) is 1.28. The molecule has 5 rings (SSSR count). The van der Waals surface area contributed by atoms with E-state index in [1.165, 1.54) is 5.56 Å². The summed E-state index contributed by atoms with van der Waals surface area (Å²) < 4.78 is 0. The monoisotopic (exact) mass is 375 g/mol. The number of nitrogens with zero attached hydrogens (tertiary/aromatic N) is 3. The SMILES string of the molecule is Cc1cccc(CNC(=O)C2CCN(c3ncnc4[nH]ccc34)CC23CC3)c1. The molecule has 2 aromatic heterocycles. The van der Waals surface area contributed by atoms with Crippen LogP contribution < -0.4 is 10.2 Å².